The number of amides is 1. The quantitative estimate of drug-likeness (QED) is 0.728. The molecule has 0 saturated carbocycles. The Balaban J connectivity index is 0.00000120. The lowest BCUT2D eigenvalue weighted by atomic mass is 9.93. The summed E-state index contributed by atoms with van der Waals surface area (Å²) in [7, 11) is 3.46. The second-order valence-electron chi connectivity index (χ2n) is 6.35. The number of carbonyl (C=O) groups is 1. The van der Waals surface area contributed by atoms with E-state index in [4.69, 9.17) is 0 Å². The molecule has 2 aromatic rings. The van der Waals surface area contributed by atoms with Gasteiger partial charge in [-0.25, -0.2) is 0 Å². The minimum Gasteiger partial charge on any atom is -0.333 e. The van der Waals surface area contributed by atoms with Gasteiger partial charge in [0.1, 0.15) is 0 Å². The van der Waals surface area contributed by atoms with Gasteiger partial charge in [-0.2, -0.15) is 0 Å². The number of aryl methyl sites for hydroxylation is 1. The van der Waals surface area contributed by atoms with Crippen LogP contribution in [0.15, 0.2) is 42.5 Å². The van der Waals surface area contributed by atoms with E-state index in [9.17, 15) is 4.79 Å². The minimum absolute atomic E-state index is 0.127. The number of nitrogens with one attached hydrogen (secondary N) is 1. The Morgan fingerprint density at radius 1 is 1.03 bits per heavy atom. The van der Waals surface area contributed by atoms with Crippen molar-refractivity contribution in [2.24, 2.45) is 5.73 Å². The number of benzene rings is 2. The minimum atomic E-state index is 0.127. The van der Waals surface area contributed by atoms with Crippen LogP contribution in [0.25, 0.3) is 11.1 Å². The summed E-state index contributed by atoms with van der Waals surface area (Å²) in [5.41, 5.74) is 10.6. The summed E-state index contributed by atoms with van der Waals surface area (Å²) in [5, 5.41) is 3.17. The van der Waals surface area contributed by atoms with Gasteiger partial charge in [0.15, 0.2) is 0 Å². The molecule has 0 aromatic heterocycles. The predicted octanol–water partition coefficient (Wildman–Crippen LogP) is 5.39. The number of anilines is 1. The van der Waals surface area contributed by atoms with Crippen molar-refractivity contribution in [2.45, 2.75) is 67.0 Å². The normalized spacial score (nSPS) is 14.1. The van der Waals surface area contributed by atoms with Crippen molar-refractivity contribution in [3.8, 4) is 11.1 Å². The first-order valence-corrected chi connectivity index (χ1v) is 10.8. The molecule has 29 heavy (non-hydrogen) atoms. The van der Waals surface area contributed by atoms with Crippen LogP contribution in [0.5, 0.6) is 0 Å². The van der Waals surface area contributed by atoms with Crippen LogP contribution in [0.1, 0.15) is 59.1 Å². The molecule has 0 saturated heterocycles. The Kier molecular flexibility index (Phi) is 13.7. The summed E-state index contributed by atoms with van der Waals surface area (Å²) >= 11 is 0. The lowest BCUT2D eigenvalue weighted by Gasteiger charge is -2.34. The van der Waals surface area contributed by atoms with E-state index in [0.717, 1.165) is 25.1 Å². The van der Waals surface area contributed by atoms with Crippen molar-refractivity contribution in [1.82, 2.24) is 5.32 Å². The number of hydrogen-bond acceptors (Lipinski definition) is 3. The summed E-state index contributed by atoms with van der Waals surface area (Å²) in [6.45, 7) is 12.7. The van der Waals surface area contributed by atoms with Crippen LogP contribution in [-0.2, 0) is 17.8 Å². The predicted molar refractivity (Wildman–Crippen MR) is 128 cm³/mol. The molecule has 0 bridgehead atoms. The van der Waals surface area contributed by atoms with Crippen LogP contribution < -0.4 is 16.0 Å². The molecule has 0 radical (unpaired) electrons. The number of fused-ring (bicyclic) bond motifs is 1. The maximum atomic E-state index is 11.9. The Bertz CT molecular complexity index is 711. The standard InChI is InChI=1S/C20H24N2O.2C2H6.CH5N/c1-14-4-7-19-12-18(10-11-20(19)22(14)15(2)23)17-8-5-16(6-9-17)13-21-3;3*1-2/h5-6,8-12,14,21H,4,7,13H2,1-3H3;2*1-2H3;2H2,1H3/t14-;;;/m0.../s1. The smallest absolute Gasteiger partial charge is 0.224 e. The van der Waals surface area contributed by atoms with Gasteiger partial charge in [-0.3, -0.25) is 4.79 Å². The third-order valence-corrected chi connectivity index (χ3v) is 4.62. The van der Waals surface area contributed by atoms with Crippen LogP contribution in [0.4, 0.5) is 5.69 Å². The maximum Gasteiger partial charge on any atom is 0.224 e. The molecule has 1 aliphatic rings. The molecule has 0 fully saturated rings. The van der Waals surface area contributed by atoms with Crippen LogP contribution in [-0.4, -0.2) is 26.0 Å². The van der Waals surface area contributed by atoms with Crippen molar-refractivity contribution >= 4 is 11.6 Å². The lowest BCUT2D eigenvalue weighted by molar-refractivity contribution is -0.117. The van der Waals surface area contributed by atoms with Crippen LogP contribution in [0.2, 0.25) is 0 Å². The second kappa shape index (κ2) is 14.8. The first-order chi connectivity index (χ1) is 14.1. The summed E-state index contributed by atoms with van der Waals surface area (Å²) in [5.74, 6) is 0.127. The average Bonchev–Trinajstić information content (AvgIpc) is 2.78. The fourth-order valence-electron chi connectivity index (χ4n) is 3.43. The summed E-state index contributed by atoms with van der Waals surface area (Å²) < 4.78 is 0. The van der Waals surface area contributed by atoms with E-state index in [0.29, 0.717) is 0 Å². The SMILES string of the molecule is CC.CC.CN.CNCc1ccc(-c2ccc3c(c2)CC[C@H](C)N3C(C)=O)cc1. The van der Waals surface area contributed by atoms with E-state index in [2.05, 4.69) is 60.4 Å². The highest BCUT2D eigenvalue weighted by Crippen LogP contribution is 2.34. The molecular formula is C25H41N3O. The third kappa shape index (κ3) is 7.30. The first-order valence-electron chi connectivity index (χ1n) is 10.8. The molecule has 0 unspecified atom stereocenters. The van der Waals surface area contributed by atoms with Crippen molar-refractivity contribution in [3.63, 3.8) is 0 Å². The summed E-state index contributed by atoms with van der Waals surface area (Å²) in [4.78, 5) is 13.9. The highest BCUT2D eigenvalue weighted by atomic mass is 16.2. The number of rotatable bonds is 3. The molecule has 4 heteroatoms. The van der Waals surface area contributed by atoms with Gasteiger partial charge in [-0.15, -0.1) is 0 Å². The van der Waals surface area contributed by atoms with Crippen molar-refractivity contribution in [1.29, 1.82) is 0 Å². The monoisotopic (exact) mass is 399 g/mol. The van der Waals surface area contributed by atoms with E-state index in [1.54, 1.807) is 6.92 Å². The summed E-state index contributed by atoms with van der Waals surface area (Å²) in [6.07, 6.45) is 2.06. The second-order valence-corrected chi connectivity index (χ2v) is 6.35. The fraction of sp³-hybridized carbons (Fsp3) is 0.480. The van der Waals surface area contributed by atoms with Gasteiger partial charge < -0.3 is 16.0 Å². The van der Waals surface area contributed by atoms with Gasteiger partial charge >= 0.3 is 0 Å². The largest absolute Gasteiger partial charge is 0.333 e. The van der Waals surface area contributed by atoms with Gasteiger partial charge in [-0.05, 0) is 68.2 Å². The highest BCUT2D eigenvalue weighted by Gasteiger charge is 2.26. The van der Waals surface area contributed by atoms with Gasteiger partial charge in [0.05, 0.1) is 0 Å². The van der Waals surface area contributed by atoms with E-state index >= 15 is 0 Å². The molecule has 0 aliphatic carbocycles. The van der Waals surface area contributed by atoms with Crippen LogP contribution in [0.3, 0.4) is 0 Å². The number of carbonyl (C=O) groups excluding carboxylic acids is 1. The molecule has 4 nitrogen and oxygen atoms in total. The Hall–Kier alpha value is -2.17. The average molecular weight is 400 g/mol. The zero-order valence-corrected chi connectivity index (χ0v) is 19.7. The fourth-order valence-corrected chi connectivity index (χ4v) is 3.43. The van der Waals surface area contributed by atoms with E-state index in [-0.39, 0.29) is 11.9 Å². The molecule has 3 rings (SSSR count). The van der Waals surface area contributed by atoms with Crippen molar-refractivity contribution in [3.05, 3.63) is 53.6 Å². The number of nitrogens with zero attached hydrogens (tertiary/aromatic N) is 1. The number of hydrogen-bond donors (Lipinski definition) is 2. The van der Waals surface area contributed by atoms with Crippen LogP contribution in [0, 0.1) is 0 Å². The zero-order valence-electron chi connectivity index (χ0n) is 19.7. The maximum absolute atomic E-state index is 11.9. The highest BCUT2D eigenvalue weighted by molar-refractivity contribution is 5.94. The van der Waals surface area contributed by atoms with Crippen molar-refractivity contribution < 1.29 is 4.79 Å². The van der Waals surface area contributed by atoms with Gasteiger partial charge in [0.2, 0.25) is 5.91 Å². The van der Waals surface area contributed by atoms with Gasteiger partial charge in [0, 0.05) is 25.2 Å². The molecule has 0 spiro atoms. The molecular weight excluding hydrogens is 358 g/mol. The first kappa shape index (κ1) is 26.8. The molecule has 1 atom stereocenters. The molecule has 1 heterocycles. The summed E-state index contributed by atoms with van der Waals surface area (Å²) in [6, 6.07) is 15.4. The van der Waals surface area contributed by atoms with Crippen molar-refractivity contribution in [2.75, 3.05) is 19.0 Å². The molecule has 162 valence electrons. The number of nitrogens with two attached hydrogens (primary N) is 1. The molecule has 1 amide bonds. The van der Waals surface area contributed by atoms with Crippen LogP contribution >= 0.6 is 0 Å². The zero-order chi connectivity index (χ0) is 22.4. The van der Waals surface area contributed by atoms with Gasteiger partial charge in [-0.1, -0.05) is 58.0 Å². The lowest BCUT2D eigenvalue weighted by Crippen LogP contribution is -2.40. The molecule has 3 N–H and O–H groups in total. The van der Waals surface area contributed by atoms with E-state index in [1.165, 1.54) is 29.3 Å². The molecule has 2 aromatic carbocycles. The Labute approximate surface area is 178 Å². The van der Waals surface area contributed by atoms with E-state index in [1.807, 2.05) is 39.6 Å². The van der Waals surface area contributed by atoms with Gasteiger partial charge in [0.25, 0.3) is 0 Å². The Morgan fingerprint density at radius 2 is 1.59 bits per heavy atom. The Morgan fingerprint density at radius 3 is 2.10 bits per heavy atom. The topological polar surface area (TPSA) is 58.4 Å². The molecule has 1 aliphatic heterocycles. The van der Waals surface area contributed by atoms with E-state index < -0.39 is 0 Å². The third-order valence-electron chi connectivity index (χ3n) is 4.62.